The number of ether oxygens (including phenoxy) is 1. The van der Waals surface area contributed by atoms with Crippen LogP contribution in [0.3, 0.4) is 0 Å². The second kappa shape index (κ2) is 8.04. The fraction of sp³-hybridized carbons (Fsp3) is 0.750. The highest BCUT2D eigenvalue weighted by Crippen LogP contribution is 2.20. The number of hydrogen-bond acceptors (Lipinski definition) is 5. The van der Waals surface area contributed by atoms with E-state index in [9.17, 15) is 14.4 Å². The average molecular weight is 288 g/mol. The molecular weight excluding hydrogens is 268 g/mol. The van der Waals surface area contributed by atoms with Crippen LogP contribution in [0.15, 0.2) is 0 Å². The Morgan fingerprint density at radius 1 is 1.42 bits per heavy atom. The van der Waals surface area contributed by atoms with Gasteiger partial charge in [0.25, 0.3) is 0 Å². The van der Waals surface area contributed by atoms with Gasteiger partial charge in [-0.2, -0.15) is 11.8 Å². The number of nitrogens with zero attached hydrogens (tertiary/aromatic N) is 1. The van der Waals surface area contributed by atoms with Crippen LogP contribution in [-0.2, 0) is 19.1 Å². The second-order valence-electron chi connectivity index (χ2n) is 4.27. The van der Waals surface area contributed by atoms with Crippen molar-refractivity contribution >= 4 is 29.5 Å². The molecule has 0 saturated carbocycles. The molecule has 0 aromatic carbocycles. The lowest BCUT2D eigenvalue weighted by atomic mass is 10.2. The number of esters is 1. The maximum Gasteiger partial charge on any atom is 0.328 e. The van der Waals surface area contributed by atoms with Gasteiger partial charge in [0.05, 0.1) is 12.4 Å². The molecule has 0 bridgehead atoms. The molecule has 1 unspecified atom stereocenters. The van der Waals surface area contributed by atoms with Gasteiger partial charge in [0.1, 0.15) is 6.04 Å². The zero-order chi connectivity index (χ0) is 14.3. The fourth-order valence-corrected chi connectivity index (χ4v) is 2.69. The van der Waals surface area contributed by atoms with E-state index in [-0.39, 0.29) is 23.5 Å². The van der Waals surface area contributed by atoms with Crippen LogP contribution in [0.2, 0.25) is 0 Å². The quantitative estimate of drug-likeness (QED) is 0.532. The van der Waals surface area contributed by atoms with Crippen molar-refractivity contribution in [2.45, 2.75) is 32.2 Å². The highest BCUT2D eigenvalue weighted by molar-refractivity contribution is 7.99. The Morgan fingerprint density at radius 2 is 2.16 bits per heavy atom. The van der Waals surface area contributed by atoms with E-state index in [1.807, 2.05) is 0 Å². The third kappa shape index (κ3) is 5.10. The molecule has 1 fully saturated rings. The van der Waals surface area contributed by atoms with Gasteiger partial charge in [0.15, 0.2) is 0 Å². The largest absolute Gasteiger partial charge is 0.464 e. The minimum Gasteiger partial charge on any atom is -0.464 e. The number of carbonyl (C=O) groups is 3. The van der Waals surface area contributed by atoms with Crippen molar-refractivity contribution in [3.63, 3.8) is 0 Å². The van der Waals surface area contributed by atoms with Crippen molar-refractivity contribution in [1.82, 2.24) is 4.90 Å². The molecule has 108 valence electrons. The number of thioether (sulfide) groups is 1. The van der Waals surface area contributed by atoms with Gasteiger partial charge >= 0.3 is 5.97 Å². The van der Waals surface area contributed by atoms with Crippen LogP contribution < -0.4 is 5.73 Å². The normalized spacial score (nSPS) is 18.4. The molecule has 1 rings (SSSR count). The number of hydrogen-bond donors (Lipinski definition) is 1. The van der Waals surface area contributed by atoms with Gasteiger partial charge in [-0.15, -0.1) is 0 Å². The molecular formula is C12H20N2O4S. The summed E-state index contributed by atoms with van der Waals surface area (Å²) in [5.41, 5.74) is 5.01. The van der Waals surface area contributed by atoms with Gasteiger partial charge in [-0.25, -0.2) is 4.79 Å². The first-order valence-corrected chi connectivity index (χ1v) is 7.54. The molecule has 0 spiro atoms. The van der Waals surface area contributed by atoms with Gasteiger partial charge in [0, 0.05) is 18.7 Å². The van der Waals surface area contributed by atoms with Crippen LogP contribution in [0.5, 0.6) is 0 Å². The van der Waals surface area contributed by atoms with Crippen LogP contribution in [0.4, 0.5) is 0 Å². The van der Waals surface area contributed by atoms with Gasteiger partial charge in [-0.3, -0.25) is 9.59 Å². The third-order valence-electron chi connectivity index (χ3n) is 2.84. The van der Waals surface area contributed by atoms with Crippen LogP contribution in [-0.4, -0.2) is 53.4 Å². The fourth-order valence-electron chi connectivity index (χ4n) is 2.02. The van der Waals surface area contributed by atoms with Crippen molar-refractivity contribution in [3.8, 4) is 0 Å². The maximum atomic E-state index is 12.0. The Labute approximate surface area is 117 Å². The molecule has 1 aliphatic heterocycles. The van der Waals surface area contributed by atoms with E-state index < -0.39 is 6.04 Å². The van der Waals surface area contributed by atoms with Crippen molar-refractivity contribution in [2.24, 2.45) is 5.73 Å². The van der Waals surface area contributed by atoms with Gasteiger partial charge in [-0.1, -0.05) is 0 Å². The molecule has 0 aliphatic carbocycles. The van der Waals surface area contributed by atoms with E-state index in [0.717, 1.165) is 6.42 Å². The minimum absolute atomic E-state index is 0.0625. The molecule has 1 atom stereocenters. The summed E-state index contributed by atoms with van der Waals surface area (Å²) < 4.78 is 4.96. The Balaban J connectivity index is 2.37. The monoisotopic (exact) mass is 288 g/mol. The molecule has 6 nitrogen and oxygen atoms in total. The standard InChI is InChI=1S/C12H20N2O4S/c1-2-18-12(17)9-4-3-6-14(9)11(16)5-7-19-8-10(13)15/h9H,2-8H2,1H3,(H2,13,15). The lowest BCUT2D eigenvalue weighted by Gasteiger charge is -2.23. The highest BCUT2D eigenvalue weighted by atomic mass is 32.2. The number of likely N-dealkylation sites (tertiary alicyclic amines) is 1. The number of rotatable bonds is 7. The molecule has 1 aliphatic rings. The zero-order valence-corrected chi connectivity index (χ0v) is 11.9. The Morgan fingerprint density at radius 3 is 2.79 bits per heavy atom. The summed E-state index contributed by atoms with van der Waals surface area (Å²) in [5, 5.41) is 0. The van der Waals surface area contributed by atoms with Crippen molar-refractivity contribution in [1.29, 1.82) is 0 Å². The third-order valence-corrected chi connectivity index (χ3v) is 3.82. The van der Waals surface area contributed by atoms with Crippen molar-refractivity contribution in [3.05, 3.63) is 0 Å². The smallest absolute Gasteiger partial charge is 0.328 e. The summed E-state index contributed by atoms with van der Waals surface area (Å²) in [4.78, 5) is 35.8. The van der Waals surface area contributed by atoms with Gasteiger partial charge in [0.2, 0.25) is 11.8 Å². The Kier molecular flexibility index (Phi) is 6.69. The van der Waals surface area contributed by atoms with Crippen molar-refractivity contribution < 1.29 is 19.1 Å². The Bertz CT molecular complexity index is 349. The predicted molar refractivity (Wildman–Crippen MR) is 72.5 cm³/mol. The first kappa shape index (κ1) is 15.8. The molecule has 7 heteroatoms. The van der Waals surface area contributed by atoms with Crippen molar-refractivity contribution in [2.75, 3.05) is 24.7 Å². The van der Waals surface area contributed by atoms with E-state index in [4.69, 9.17) is 10.5 Å². The molecule has 0 aromatic rings. The van der Waals surface area contributed by atoms with E-state index in [1.165, 1.54) is 11.8 Å². The highest BCUT2D eigenvalue weighted by Gasteiger charge is 2.34. The molecule has 2 amide bonds. The molecule has 19 heavy (non-hydrogen) atoms. The first-order chi connectivity index (χ1) is 9.06. The summed E-state index contributed by atoms with van der Waals surface area (Å²) in [7, 11) is 0. The predicted octanol–water partition coefficient (Wildman–Crippen LogP) is 0.149. The zero-order valence-electron chi connectivity index (χ0n) is 11.1. The Hall–Kier alpha value is -1.24. The number of primary amides is 1. The van der Waals surface area contributed by atoms with E-state index in [1.54, 1.807) is 11.8 Å². The lowest BCUT2D eigenvalue weighted by molar-refractivity contribution is -0.152. The number of carbonyl (C=O) groups excluding carboxylic acids is 3. The molecule has 1 heterocycles. The number of amides is 2. The second-order valence-corrected chi connectivity index (χ2v) is 5.37. The number of nitrogens with two attached hydrogens (primary N) is 1. The summed E-state index contributed by atoms with van der Waals surface area (Å²) in [6.07, 6.45) is 1.80. The average Bonchev–Trinajstić information content (AvgIpc) is 2.83. The van der Waals surface area contributed by atoms with Crippen LogP contribution in [0, 0.1) is 0 Å². The summed E-state index contributed by atoms with van der Waals surface area (Å²) in [5.74, 6) is -0.0174. The molecule has 2 N–H and O–H groups in total. The molecule has 1 saturated heterocycles. The lowest BCUT2D eigenvalue weighted by Crippen LogP contribution is -2.41. The van der Waals surface area contributed by atoms with E-state index in [0.29, 0.717) is 31.7 Å². The summed E-state index contributed by atoms with van der Waals surface area (Å²) in [6, 6.07) is -0.436. The van der Waals surface area contributed by atoms with Crippen LogP contribution in [0.1, 0.15) is 26.2 Å². The van der Waals surface area contributed by atoms with E-state index in [2.05, 4.69) is 0 Å². The maximum absolute atomic E-state index is 12.0. The van der Waals surface area contributed by atoms with Crippen LogP contribution >= 0.6 is 11.8 Å². The SMILES string of the molecule is CCOC(=O)C1CCCN1C(=O)CCSCC(N)=O. The summed E-state index contributed by atoms with van der Waals surface area (Å²) >= 11 is 1.33. The first-order valence-electron chi connectivity index (χ1n) is 6.38. The minimum atomic E-state index is -0.436. The van der Waals surface area contributed by atoms with E-state index >= 15 is 0 Å². The van der Waals surface area contributed by atoms with Crippen LogP contribution in [0.25, 0.3) is 0 Å². The molecule has 0 aromatic heterocycles. The summed E-state index contributed by atoms with van der Waals surface area (Å²) in [6.45, 7) is 2.67. The van der Waals surface area contributed by atoms with Gasteiger partial charge < -0.3 is 15.4 Å². The topological polar surface area (TPSA) is 89.7 Å². The molecule has 0 radical (unpaired) electrons. The van der Waals surface area contributed by atoms with Gasteiger partial charge in [-0.05, 0) is 19.8 Å².